The van der Waals surface area contributed by atoms with E-state index < -0.39 is 0 Å². The Bertz CT molecular complexity index is 156. The third kappa shape index (κ3) is 5.15. The number of nitrogens with zero attached hydrogens (tertiary/aromatic N) is 2. The number of hydrogen-bond acceptors (Lipinski definition) is 2. The van der Waals surface area contributed by atoms with Crippen LogP contribution in [0.1, 0.15) is 20.8 Å². The molecule has 3 nitrogen and oxygen atoms in total. The second-order valence-electron chi connectivity index (χ2n) is 2.40. The van der Waals surface area contributed by atoms with Crippen molar-refractivity contribution < 1.29 is 0 Å². The van der Waals surface area contributed by atoms with Crippen molar-refractivity contribution >= 4 is 6.34 Å². The predicted octanol–water partition coefficient (Wildman–Crippen LogP) is 2.61. The molecule has 10 heavy (non-hydrogen) atoms. The second-order valence-corrected chi connectivity index (χ2v) is 2.40. The SMILES string of the molecule is C/C(=C/C(C)C)N=NC=N. The summed E-state index contributed by atoms with van der Waals surface area (Å²) >= 11 is 0. The molecule has 0 amide bonds. The second kappa shape index (κ2) is 4.85. The minimum Gasteiger partial charge on any atom is -0.288 e. The molecule has 0 aliphatic heterocycles. The fourth-order valence-electron chi connectivity index (χ4n) is 0.636. The highest BCUT2D eigenvalue weighted by molar-refractivity contribution is 5.49. The molecule has 0 aliphatic rings. The van der Waals surface area contributed by atoms with Gasteiger partial charge in [0.15, 0.2) is 0 Å². The molecule has 0 spiro atoms. The van der Waals surface area contributed by atoms with E-state index in [2.05, 4.69) is 24.1 Å². The zero-order chi connectivity index (χ0) is 7.98. The normalized spacial score (nSPS) is 13.0. The van der Waals surface area contributed by atoms with E-state index in [-0.39, 0.29) is 0 Å². The van der Waals surface area contributed by atoms with Gasteiger partial charge in [0.1, 0.15) is 6.34 Å². The van der Waals surface area contributed by atoms with Gasteiger partial charge in [0, 0.05) is 0 Å². The van der Waals surface area contributed by atoms with Gasteiger partial charge in [-0.05, 0) is 12.8 Å². The molecule has 1 N–H and O–H groups in total. The molecule has 56 valence electrons. The van der Waals surface area contributed by atoms with Crippen LogP contribution in [0.3, 0.4) is 0 Å². The standard InChI is InChI=1S/C7H13N3/c1-6(2)4-7(3)10-9-5-8/h4-6,8H,1-3H3/b7-4-,8-5?,10-9?. The van der Waals surface area contributed by atoms with Crippen LogP contribution in [0.2, 0.25) is 0 Å². The summed E-state index contributed by atoms with van der Waals surface area (Å²) in [7, 11) is 0. The molecule has 0 aliphatic carbocycles. The third-order valence-corrected chi connectivity index (χ3v) is 0.848. The Hall–Kier alpha value is -0.990. The van der Waals surface area contributed by atoms with E-state index in [1.54, 1.807) is 0 Å². The van der Waals surface area contributed by atoms with E-state index in [0.717, 1.165) is 12.0 Å². The van der Waals surface area contributed by atoms with Crippen molar-refractivity contribution in [1.29, 1.82) is 5.41 Å². The summed E-state index contributed by atoms with van der Waals surface area (Å²) in [6.07, 6.45) is 2.92. The lowest BCUT2D eigenvalue weighted by atomic mass is 10.2. The van der Waals surface area contributed by atoms with Crippen molar-refractivity contribution in [1.82, 2.24) is 0 Å². The summed E-state index contributed by atoms with van der Waals surface area (Å²) in [6.45, 7) is 6.01. The molecule has 0 atom stereocenters. The smallest absolute Gasteiger partial charge is 0.129 e. The molecular formula is C7H13N3. The van der Waals surface area contributed by atoms with Crippen LogP contribution in [-0.2, 0) is 0 Å². The molecule has 0 bridgehead atoms. The maximum absolute atomic E-state index is 6.57. The summed E-state index contributed by atoms with van der Waals surface area (Å²) in [4.78, 5) is 0. The molecule has 0 heterocycles. The van der Waals surface area contributed by atoms with Gasteiger partial charge in [0.25, 0.3) is 0 Å². The molecule has 0 saturated carbocycles. The highest BCUT2D eigenvalue weighted by Crippen LogP contribution is 2.02. The van der Waals surface area contributed by atoms with Gasteiger partial charge in [-0.15, -0.1) is 5.11 Å². The Morgan fingerprint density at radius 3 is 2.50 bits per heavy atom. The molecule has 0 unspecified atom stereocenters. The van der Waals surface area contributed by atoms with Crippen molar-refractivity contribution in [3.63, 3.8) is 0 Å². The van der Waals surface area contributed by atoms with E-state index in [4.69, 9.17) is 5.41 Å². The quantitative estimate of drug-likeness (QED) is 0.355. The van der Waals surface area contributed by atoms with E-state index >= 15 is 0 Å². The molecule has 0 fully saturated rings. The molecule has 3 heteroatoms. The number of hydrogen-bond donors (Lipinski definition) is 1. The summed E-state index contributed by atoms with van der Waals surface area (Å²) in [6, 6.07) is 0. The van der Waals surface area contributed by atoms with Crippen LogP contribution in [0, 0.1) is 11.3 Å². The first-order chi connectivity index (χ1) is 4.66. The Labute approximate surface area is 61.4 Å². The predicted molar refractivity (Wildman–Crippen MR) is 42.2 cm³/mol. The number of nitrogens with one attached hydrogen (secondary N) is 1. The van der Waals surface area contributed by atoms with Crippen LogP contribution < -0.4 is 0 Å². The first-order valence-electron chi connectivity index (χ1n) is 3.25. The van der Waals surface area contributed by atoms with Crippen molar-refractivity contribution in [2.24, 2.45) is 16.1 Å². The van der Waals surface area contributed by atoms with Crippen LogP contribution in [0.4, 0.5) is 0 Å². The van der Waals surface area contributed by atoms with Crippen LogP contribution in [0.15, 0.2) is 22.0 Å². The molecule has 0 saturated heterocycles. The van der Waals surface area contributed by atoms with Crippen molar-refractivity contribution in [2.45, 2.75) is 20.8 Å². The van der Waals surface area contributed by atoms with Gasteiger partial charge in [-0.2, -0.15) is 5.11 Å². The van der Waals surface area contributed by atoms with E-state index in [9.17, 15) is 0 Å². The Morgan fingerprint density at radius 1 is 1.50 bits per heavy atom. The maximum atomic E-state index is 6.57. The van der Waals surface area contributed by atoms with Crippen molar-refractivity contribution in [3.05, 3.63) is 11.8 Å². The van der Waals surface area contributed by atoms with Crippen LogP contribution in [-0.4, -0.2) is 6.34 Å². The summed E-state index contributed by atoms with van der Waals surface area (Å²) in [5, 5.41) is 13.7. The average molecular weight is 139 g/mol. The van der Waals surface area contributed by atoms with Crippen LogP contribution >= 0.6 is 0 Å². The lowest BCUT2D eigenvalue weighted by molar-refractivity contribution is 0.816. The van der Waals surface area contributed by atoms with E-state index in [0.29, 0.717) is 5.92 Å². The summed E-state index contributed by atoms with van der Waals surface area (Å²) in [5.41, 5.74) is 0.860. The van der Waals surface area contributed by atoms with Gasteiger partial charge in [-0.3, -0.25) is 5.41 Å². The Morgan fingerprint density at radius 2 is 2.10 bits per heavy atom. The molecule has 0 aromatic rings. The van der Waals surface area contributed by atoms with Crippen LogP contribution in [0.5, 0.6) is 0 Å². The lowest BCUT2D eigenvalue weighted by Crippen LogP contribution is -1.79. The van der Waals surface area contributed by atoms with Gasteiger partial charge >= 0.3 is 0 Å². The molecule has 0 aromatic heterocycles. The third-order valence-electron chi connectivity index (χ3n) is 0.848. The minimum absolute atomic E-state index is 0.490. The Balaban J connectivity index is 3.93. The molecule has 0 rings (SSSR count). The summed E-state index contributed by atoms with van der Waals surface area (Å²) < 4.78 is 0. The van der Waals surface area contributed by atoms with Crippen molar-refractivity contribution in [2.75, 3.05) is 0 Å². The topological polar surface area (TPSA) is 48.6 Å². The largest absolute Gasteiger partial charge is 0.288 e. The van der Waals surface area contributed by atoms with E-state index in [1.165, 1.54) is 0 Å². The number of azo groups is 1. The van der Waals surface area contributed by atoms with Crippen LogP contribution in [0.25, 0.3) is 0 Å². The average Bonchev–Trinajstić information content (AvgIpc) is 1.82. The van der Waals surface area contributed by atoms with Gasteiger partial charge in [-0.25, -0.2) is 0 Å². The monoisotopic (exact) mass is 139 g/mol. The molecule has 0 radical (unpaired) electrons. The zero-order valence-electron chi connectivity index (χ0n) is 6.63. The van der Waals surface area contributed by atoms with Gasteiger partial charge < -0.3 is 0 Å². The first-order valence-corrected chi connectivity index (χ1v) is 3.25. The number of allylic oxidation sites excluding steroid dienone is 2. The van der Waals surface area contributed by atoms with Gasteiger partial charge in [-0.1, -0.05) is 19.9 Å². The fraction of sp³-hybridized carbons (Fsp3) is 0.571. The minimum atomic E-state index is 0.490. The molecular weight excluding hydrogens is 126 g/mol. The summed E-state index contributed by atoms with van der Waals surface area (Å²) in [5.74, 6) is 0.490. The van der Waals surface area contributed by atoms with Gasteiger partial charge in [0.2, 0.25) is 0 Å². The molecule has 0 aromatic carbocycles. The fourth-order valence-corrected chi connectivity index (χ4v) is 0.636. The first kappa shape index (κ1) is 9.01. The highest BCUT2D eigenvalue weighted by atomic mass is 15.1. The maximum Gasteiger partial charge on any atom is 0.129 e. The highest BCUT2D eigenvalue weighted by Gasteiger charge is 1.87. The van der Waals surface area contributed by atoms with E-state index in [1.807, 2.05) is 13.0 Å². The lowest BCUT2D eigenvalue weighted by Gasteiger charge is -1.93. The van der Waals surface area contributed by atoms with Gasteiger partial charge in [0.05, 0.1) is 5.70 Å². The Kier molecular flexibility index (Phi) is 4.37. The zero-order valence-corrected chi connectivity index (χ0v) is 6.63. The number of rotatable bonds is 3. The van der Waals surface area contributed by atoms with Crippen molar-refractivity contribution in [3.8, 4) is 0 Å².